The molecule has 2 N–H and O–H groups in total. The molecule has 0 radical (unpaired) electrons. The van der Waals surface area contributed by atoms with Crippen LogP contribution in [0.5, 0.6) is 0 Å². The molecular formula is C25H26N4. The number of piperazine rings is 1. The smallest absolute Gasteiger partial charge is 0.203 e. The number of H-pyrrole nitrogens is 1. The molecule has 0 amide bonds. The van der Waals surface area contributed by atoms with E-state index in [1.165, 1.54) is 22.3 Å². The molecule has 1 aliphatic rings. The van der Waals surface area contributed by atoms with Gasteiger partial charge in [-0.15, -0.1) is 0 Å². The summed E-state index contributed by atoms with van der Waals surface area (Å²) in [6, 6.07) is 25.9. The van der Waals surface area contributed by atoms with E-state index in [1.54, 1.807) is 0 Å². The zero-order chi connectivity index (χ0) is 19.5. The minimum atomic E-state index is 0.895. The summed E-state index contributed by atoms with van der Waals surface area (Å²) in [7, 11) is 0. The second kappa shape index (κ2) is 8.10. The molecule has 0 unspecified atom stereocenters. The van der Waals surface area contributed by atoms with E-state index in [0.717, 1.165) is 56.0 Å². The highest BCUT2D eigenvalue weighted by molar-refractivity contribution is 5.83. The van der Waals surface area contributed by atoms with Crippen LogP contribution in [0.2, 0.25) is 0 Å². The second-order valence-corrected chi connectivity index (χ2v) is 7.72. The number of aromatic nitrogens is 2. The van der Waals surface area contributed by atoms with Crippen LogP contribution in [0.3, 0.4) is 0 Å². The minimum absolute atomic E-state index is 0.895. The molecule has 2 heterocycles. The van der Waals surface area contributed by atoms with Gasteiger partial charge in [-0.25, -0.2) is 4.98 Å². The number of hydrogen-bond donors (Lipinski definition) is 2. The molecule has 1 aromatic heterocycles. The Morgan fingerprint density at radius 2 is 1.41 bits per heavy atom. The highest BCUT2D eigenvalue weighted by atomic mass is 15.3. The lowest BCUT2D eigenvalue weighted by molar-refractivity contribution is 0.582. The first-order valence-electron chi connectivity index (χ1n) is 10.4. The van der Waals surface area contributed by atoms with Crippen LogP contribution in [0.4, 0.5) is 5.95 Å². The minimum Gasteiger partial charge on any atom is -0.340 e. The summed E-state index contributed by atoms with van der Waals surface area (Å²) in [5, 5.41) is 3.42. The van der Waals surface area contributed by atoms with Crippen molar-refractivity contribution < 1.29 is 0 Å². The van der Waals surface area contributed by atoms with Crippen molar-refractivity contribution in [3.8, 4) is 0 Å². The van der Waals surface area contributed by atoms with Gasteiger partial charge in [0.25, 0.3) is 0 Å². The van der Waals surface area contributed by atoms with Crippen LogP contribution in [-0.4, -0.2) is 36.1 Å². The van der Waals surface area contributed by atoms with Gasteiger partial charge in [0.15, 0.2) is 0 Å². The highest BCUT2D eigenvalue weighted by Gasteiger charge is 2.18. The molecule has 1 fully saturated rings. The Balaban J connectivity index is 1.58. The molecule has 5 rings (SSSR count). The number of benzene rings is 3. The van der Waals surface area contributed by atoms with E-state index in [-0.39, 0.29) is 0 Å². The van der Waals surface area contributed by atoms with Crippen molar-refractivity contribution in [1.82, 2.24) is 15.3 Å². The normalized spacial score (nSPS) is 14.4. The zero-order valence-electron chi connectivity index (χ0n) is 16.6. The molecule has 4 nitrogen and oxygen atoms in total. The lowest BCUT2D eigenvalue weighted by Crippen LogP contribution is -2.44. The SMILES string of the molecule is c1ccc(Cc2ccc3[nH]c(N4CCNCC4)nc3c2Cc2ccccc2)cc1. The Morgan fingerprint density at radius 3 is 2.10 bits per heavy atom. The quantitative estimate of drug-likeness (QED) is 0.545. The van der Waals surface area contributed by atoms with Gasteiger partial charge in [-0.2, -0.15) is 0 Å². The van der Waals surface area contributed by atoms with Crippen molar-refractivity contribution >= 4 is 17.0 Å². The first-order chi connectivity index (χ1) is 14.4. The van der Waals surface area contributed by atoms with Gasteiger partial charge in [-0.1, -0.05) is 66.7 Å². The molecule has 0 aliphatic carbocycles. The Bertz CT molecular complexity index is 1080. The monoisotopic (exact) mass is 382 g/mol. The standard InChI is InChI=1S/C25H26N4/c1-3-7-19(8-4-1)17-21-11-12-23-24(22(21)18-20-9-5-2-6-10-20)28-25(27-23)29-15-13-26-14-16-29/h1-12,26H,13-18H2,(H,27,28). The summed E-state index contributed by atoms with van der Waals surface area (Å²) in [6.07, 6.45) is 1.82. The fourth-order valence-corrected chi connectivity index (χ4v) is 4.17. The highest BCUT2D eigenvalue weighted by Crippen LogP contribution is 2.28. The summed E-state index contributed by atoms with van der Waals surface area (Å²) in [4.78, 5) is 11.0. The maximum Gasteiger partial charge on any atom is 0.203 e. The van der Waals surface area contributed by atoms with Gasteiger partial charge in [0.1, 0.15) is 0 Å². The number of nitrogens with zero attached hydrogens (tertiary/aromatic N) is 2. The largest absolute Gasteiger partial charge is 0.340 e. The first kappa shape index (κ1) is 18.0. The number of imidazole rings is 1. The van der Waals surface area contributed by atoms with E-state index < -0.39 is 0 Å². The number of aromatic amines is 1. The van der Waals surface area contributed by atoms with Gasteiger partial charge in [0.2, 0.25) is 5.95 Å². The summed E-state index contributed by atoms with van der Waals surface area (Å²) < 4.78 is 0. The zero-order valence-corrected chi connectivity index (χ0v) is 16.6. The molecule has 0 atom stereocenters. The molecule has 29 heavy (non-hydrogen) atoms. The van der Waals surface area contributed by atoms with E-state index in [1.807, 2.05) is 0 Å². The van der Waals surface area contributed by atoms with E-state index in [2.05, 4.69) is 88.0 Å². The van der Waals surface area contributed by atoms with Gasteiger partial charge >= 0.3 is 0 Å². The molecular weight excluding hydrogens is 356 g/mol. The Labute approximate surface area is 171 Å². The van der Waals surface area contributed by atoms with E-state index in [9.17, 15) is 0 Å². The van der Waals surface area contributed by atoms with Crippen molar-refractivity contribution in [3.63, 3.8) is 0 Å². The van der Waals surface area contributed by atoms with E-state index in [0.29, 0.717) is 0 Å². The predicted octanol–water partition coefficient (Wildman–Crippen LogP) is 4.15. The van der Waals surface area contributed by atoms with Crippen molar-refractivity contribution in [2.45, 2.75) is 12.8 Å². The number of fused-ring (bicyclic) bond motifs is 1. The lowest BCUT2D eigenvalue weighted by atomic mass is 9.94. The first-order valence-corrected chi connectivity index (χ1v) is 10.4. The van der Waals surface area contributed by atoms with Gasteiger partial charge in [0, 0.05) is 26.2 Å². The summed E-state index contributed by atoms with van der Waals surface area (Å²) in [5.74, 6) is 0.993. The Kier molecular flexibility index (Phi) is 5.01. The average molecular weight is 383 g/mol. The fourth-order valence-electron chi connectivity index (χ4n) is 4.17. The van der Waals surface area contributed by atoms with Gasteiger partial charge in [-0.05, 0) is 41.2 Å². The summed E-state index contributed by atoms with van der Waals surface area (Å²) >= 11 is 0. The third-order valence-electron chi connectivity index (χ3n) is 5.72. The average Bonchev–Trinajstić information content (AvgIpc) is 3.22. The summed E-state index contributed by atoms with van der Waals surface area (Å²) in [6.45, 7) is 4.00. The maximum absolute atomic E-state index is 5.08. The molecule has 3 aromatic carbocycles. The number of rotatable bonds is 5. The van der Waals surface area contributed by atoms with Gasteiger partial charge in [0.05, 0.1) is 11.0 Å². The maximum atomic E-state index is 5.08. The number of hydrogen-bond acceptors (Lipinski definition) is 3. The molecule has 0 saturated carbocycles. The van der Waals surface area contributed by atoms with Crippen LogP contribution in [-0.2, 0) is 12.8 Å². The molecule has 146 valence electrons. The second-order valence-electron chi connectivity index (χ2n) is 7.72. The molecule has 0 spiro atoms. The van der Waals surface area contributed by atoms with Crippen LogP contribution in [0, 0.1) is 0 Å². The van der Waals surface area contributed by atoms with Gasteiger partial charge < -0.3 is 15.2 Å². The molecule has 1 aliphatic heterocycles. The van der Waals surface area contributed by atoms with E-state index in [4.69, 9.17) is 4.98 Å². The fraction of sp³-hybridized carbons (Fsp3) is 0.240. The number of anilines is 1. The van der Waals surface area contributed by atoms with Crippen LogP contribution in [0.1, 0.15) is 22.3 Å². The third kappa shape index (κ3) is 3.89. The lowest BCUT2D eigenvalue weighted by Gasteiger charge is -2.26. The predicted molar refractivity (Wildman–Crippen MR) is 120 cm³/mol. The third-order valence-corrected chi connectivity index (χ3v) is 5.72. The molecule has 1 saturated heterocycles. The van der Waals surface area contributed by atoms with Gasteiger partial charge in [-0.3, -0.25) is 0 Å². The topological polar surface area (TPSA) is 44.0 Å². The van der Waals surface area contributed by atoms with Crippen LogP contribution < -0.4 is 10.2 Å². The molecule has 4 heteroatoms. The van der Waals surface area contributed by atoms with Crippen molar-refractivity contribution in [3.05, 3.63) is 95.1 Å². The van der Waals surface area contributed by atoms with Crippen LogP contribution in [0.15, 0.2) is 72.8 Å². The van der Waals surface area contributed by atoms with Crippen molar-refractivity contribution in [1.29, 1.82) is 0 Å². The van der Waals surface area contributed by atoms with Crippen molar-refractivity contribution in [2.75, 3.05) is 31.1 Å². The summed E-state index contributed by atoms with van der Waals surface area (Å²) in [5.41, 5.74) is 7.57. The van der Waals surface area contributed by atoms with E-state index >= 15 is 0 Å². The number of nitrogens with one attached hydrogen (secondary N) is 2. The molecule has 0 bridgehead atoms. The Morgan fingerprint density at radius 1 is 0.759 bits per heavy atom. The van der Waals surface area contributed by atoms with Crippen LogP contribution in [0.25, 0.3) is 11.0 Å². The van der Waals surface area contributed by atoms with Crippen LogP contribution >= 0.6 is 0 Å². The Hall–Kier alpha value is -3.11. The molecule has 4 aromatic rings. The van der Waals surface area contributed by atoms with Crippen molar-refractivity contribution in [2.24, 2.45) is 0 Å².